The molecule has 3 rings (SSSR count). The van der Waals surface area contributed by atoms with Crippen LogP contribution in [0, 0.1) is 5.92 Å². The van der Waals surface area contributed by atoms with E-state index in [0.29, 0.717) is 30.0 Å². The minimum Gasteiger partial charge on any atom is -0.478 e. The average molecular weight is 437 g/mol. The van der Waals surface area contributed by atoms with Crippen LogP contribution in [0.4, 0.5) is 0 Å². The molecule has 32 heavy (non-hydrogen) atoms. The third kappa shape index (κ3) is 8.76. The number of hydrogen-bond donors (Lipinski definition) is 2. The van der Waals surface area contributed by atoms with Gasteiger partial charge in [0.15, 0.2) is 0 Å². The maximum Gasteiger partial charge on any atom is 0.328 e. The molecule has 1 aliphatic heterocycles. The van der Waals surface area contributed by atoms with Crippen LogP contribution in [0.2, 0.25) is 0 Å². The molecule has 2 N–H and O–H groups in total. The number of rotatable bonds is 7. The molecule has 2 aromatic rings. The molecule has 0 atom stereocenters. The van der Waals surface area contributed by atoms with E-state index in [-0.39, 0.29) is 0 Å². The van der Waals surface area contributed by atoms with Gasteiger partial charge in [-0.1, -0.05) is 60.7 Å². The van der Waals surface area contributed by atoms with Gasteiger partial charge in [-0.2, -0.15) is 0 Å². The largest absolute Gasteiger partial charge is 0.478 e. The van der Waals surface area contributed by atoms with E-state index >= 15 is 0 Å². The highest BCUT2D eigenvalue weighted by molar-refractivity contribution is 5.89. The minimum absolute atomic E-state index is 0.379. The molecule has 1 heterocycles. The van der Waals surface area contributed by atoms with Gasteiger partial charge < -0.3 is 15.1 Å². The van der Waals surface area contributed by atoms with Gasteiger partial charge in [0.1, 0.15) is 0 Å². The second-order valence-electron chi connectivity index (χ2n) is 8.04. The molecule has 6 heteroatoms. The van der Waals surface area contributed by atoms with Crippen LogP contribution in [0.1, 0.15) is 43.7 Å². The lowest BCUT2D eigenvalue weighted by Gasteiger charge is -2.36. The van der Waals surface area contributed by atoms with Crippen molar-refractivity contribution in [3.05, 3.63) is 83.9 Å². The SMILES string of the molecule is CC(C)N=CN1CCC(C(c2ccccc2)c2ccccc2)CC1.O=C(O)/C=C/C(=O)O. The second kappa shape index (κ2) is 13.1. The lowest BCUT2D eigenvalue weighted by atomic mass is 9.76. The van der Waals surface area contributed by atoms with Gasteiger partial charge in [0.05, 0.1) is 6.34 Å². The van der Waals surface area contributed by atoms with Gasteiger partial charge >= 0.3 is 11.9 Å². The zero-order chi connectivity index (χ0) is 23.3. The monoisotopic (exact) mass is 436 g/mol. The Bertz CT molecular complexity index is 831. The van der Waals surface area contributed by atoms with Gasteiger partial charge in [0.25, 0.3) is 0 Å². The predicted molar refractivity (Wildman–Crippen MR) is 127 cm³/mol. The number of nitrogens with zero attached hydrogens (tertiary/aromatic N) is 2. The van der Waals surface area contributed by atoms with Crippen LogP contribution in [0.15, 0.2) is 77.8 Å². The molecule has 0 saturated carbocycles. The average Bonchev–Trinajstić information content (AvgIpc) is 2.79. The molecule has 0 aromatic heterocycles. The summed E-state index contributed by atoms with van der Waals surface area (Å²) in [6.07, 6.45) is 5.61. The standard InChI is InChI=1S/C22H28N2.C4H4O4/c1-18(2)23-17-24-15-13-21(14-16-24)22(19-9-5-3-6-10-19)20-11-7-4-8-12-20;5-3(6)1-2-4(7)8/h3-12,17-18,21-22H,13-16H2,1-2H3;1-2H,(H,5,6)(H,7,8)/b;2-1+. The maximum atomic E-state index is 9.55. The topological polar surface area (TPSA) is 90.2 Å². The first-order chi connectivity index (χ1) is 15.4. The van der Waals surface area contributed by atoms with E-state index < -0.39 is 11.9 Å². The number of carboxylic acid groups (broad SMARTS) is 2. The molecule has 0 aliphatic carbocycles. The molecular weight excluding hydrogens is 404 g/mol. The van der Waals surface area contributed by atoms with Gasteiger partial charge in [-0.05, 0) is 43.7 Å². The molecule has 0 spiro atoms. The van der Waals surface area contributed by atoms with Gasteiger partial charge in [-0.25, -0.2) is 9.59 Å². The maximum absolute atomic E-state index is 9.55. The fourth-order valence-electron chi connectivity index (χ4n) is 3.80. The third-order valence-corrected chi connectivity index (χ3v) is 5.26. The smallest absolute Gasteiger partial charge is 0.328 e. The first kappa shape index (κ1) is 24.9. The van der Waals surface area contributed by atoms with Gasteiger partial charge in [-0.15, -0.1) is 0 Å². The zero-order valence-corrected chi connectivity index (χ0v) is 18.7. The number of hydrogen-bond acceptors (Lipinski definition) is 3. The van der Waals surface area contributed by atoms with E-state index in [1.807, 2.05) is 0 Å². The van der Waals surface area contributed by atoms with Crippen LogP contribution in [0.5, 0.6) is 0 Å². The van der Waals surface area contributed by atoms with E-state index in [4.69, 9.17) is 10.2 Å². The summed E-state index contributed by atoms with van der Waals surface area (Å²) in [5.41, 5.74) is 2.89. The molecule has 1 saturated heterocycles. The Morgan fingerprint density at radius 3 is 1.69 bits per heavy atom. The van der Waals surface area contributed by atoms with Crippen LogP contribution >= 0.6 is 0 Å². The molecule has 1 aliphatic rings. The van der Waals surface area contributed by atoms with E-state index in [1.165, 1.54) is 24.0 Å². The Hall–Kier alpha value is -3.41. The van der Waals surface area contributed by atoms with Crippen molar-refractivity contribution < 1.29 is 19.8 Å². The first-order valence-electron chi connectivity index (χ1n) is 10.9. The lowest BCUT2D eigenvalue weighted by molar-refractivity contribution is -0.134. The Balaban J connectivity index is 0.000000390. The Kier molecular flexibility index (Phi) is 10.2. The highest BCUT2D eigenvalue weighted by Gasteiger charge is 2.28. The van der Waals surface area contributed by atoms with E-state index in [0.717, 1.165) is 13.1 Å². The summed E-state index contributed by atoms with van der Waals surface area (Å²) in [7, 11) is 0. The first-order valence-corrected chi connectivity index (χ1v) is 10.9. The summed E-state index contributed by atoms with van der Waals surface area (Å²) in [4.78, 5) is 26.0. The molecule has 0 bridgehead atoms. The number of carbonyl (C=O) groups is 2. The van der Waals surface area contributed by atoms with E-state index in [1.54, 1.807) is 0 Å². The summed E-state index contributed by atoms with van der Waals surface area (Å²) < 4.78 is 0. The van der Waals surface area contributed by atoms with Crippen LogP contribution in [-0.2, 0) is 9.59 Å². The predicted octanol–water partition coefficient (Wildman–Crippen LogP) is 4.68. The van der Waals surface area contributed by atoms with Crippen molar-refractivity contribution in [1.82, 2.24) is 4.90 Å². The van der Waals surface area contributed by atoms with Crippen molar-refractivity contribution in [3.8, 4) is 0 Å². The molecular formula is C26H32N2O4. The van der Waals surface area contributed by atoms with Crippen molar-refractivity contribution >= 4 is 18.3 Å². The summed E-state index contributed by atoms with van der Waals surface area (Å²) in [6.45, 7) is 6.47. The van der Waals surface area contributed by atoms with Crippen LogP contribution in [0.3, 0.4) is 0 Å². The number of piperidine rings is 1. The van der Waals surface area contributed by atoms with Crippen LogP contribution < -0.4 is 0 Å². The normalized spacial score (nSPS) is 14.7. The van der Waals surface area contributed by atoms with Crippen molar-refractivity contribution in [1.29, 1.82) is 0 Å². The van der Waals surface area contributed by atoms with Crippen molar-refractivity contribution in [2.45, 2.75) is 38.6 Å². The summed E-state index contributed by atoms with van der Waals surface area (Å²) in [5.74, 6) is -1.32. The molecule has 0 unspecified atom stereocenters. The van der Waals surface area contributed by atoms with Crippen LogP contribution in [-0.4, -0.2) is 52.5 Å². The molecule has 1 fully saturated rings. The Morgan fingerprint density at radius 1 is 0.875 bits per heavy atom. The highest BCUT2D eigenvalue weighted by atomic mass is 16.4. The third-order valence-electron chi connectivity index (χ3n) is 5.26. The highest BCUT2D eigenvalue weighted by Crippen LogP contribution is 2.37. The molecule has 6 nitrogen and oxygen atoms in total. The Labute approximate surface area is 189 Å². The van der Waals surface area contributed by atoms with E-state index in [9.17, 15) is 9.59 Å². The van der Waals surface area contributed by atoms with Crippen LogP contribution in [0.25, 0.3) is 0 Å². The lowest BCUT2D eigenvalue weighted by Crippen LogP contribution is -2.35. The number of carboxylic acids is 2. The number of aliphatic carboxylic acids is 2. The van der Waals surface area contributed by atoms with Gasteiger partial charge in [0.2, 0.25) is 0 Å². The fourth-order valence-corrected chi connectivity index (χ4v) is 3.80. The minimum atomic E-state index is -1.26. The fraction of sp³-hybridized carbons (Fsp3) is 0.346. The van der Waals surface area contributed by atoms with E-state index in [2.05, 4.69) is 90.7 Å². The van der Waals surface area contributed by atoms with Gasteiger partial charge in [-0.3, -0.25) is 4.99 Å². The molecule has 170 valence electrons. The number of benzene rings is 2. The molecule has 0 radical (unpaired) electrons. The summed E-state index contributed by atoms with van der Waals surface area (Å²) in [5, 5.41) is 15.6. The summed E-state index contributed by atoms with van der Waals surface area (Å²) in [6, 6.07) is 22.4. The Morgan fingerprint density at radius 2 is 1.31 bits per heavy atom. The molecule has 2 aromatic carbocycles. The van der Waals surface area contributed by atoms with Crippen molar-refractivity contribution in [2.24, 2.45) is 10.9 Å². The number of aliphatic imine (C=N–C) groups is 1. The second-order valence-corrected chi connectivity index (χ2v) is 8.04. The zero-order valence-electron chi connectivity index (χ0n) is 18.7. The van der Waals surface area contributed by atoms with Crippen molar-refractivity contribution in [3.63, 3.8) is 0 Å². The number of likely N-dealkylation sites (tertiary alicyclic amines) is 1. The quantitative estimate of drug-likeness (QED) is 0.374. The van der Waals surface area contributed by atoms with Crippen molar-refractivity contribution in [2.75, 3.05) is 13.1 Å². The molecule has 0 amide bonds. The van der Waals surface area contributed by atoms with Gasteiger partial charge in [0, 0.05) is 37.2 Å². The summed E-state index contributed by atoms with van der Waals surface area (Å²) >= 11 is 0.